The second kappa shape index (κ2) is 4.97. The van der Waals surface area contributed by atoms with Gasteiger partial charge in [-0.15, -0.1) is 0 Å². The maximum Gasteiger partial charge on any atom is 0.199 e. The van der Waals surface area contributed by atoms with Gasteiger partial charge in [0, 0.05) is 16.9 Å². The Morgan fingerprint density at radius 2 is 2.31 bits per heavy atom. The molecule has 0 aliphatic carbocycles. The minimum absolute atomic E-state index is 0.297. The van der Waals surface area contributed by atoms with Crippen LogP contribution in [0, 0.1) is 0 Å². The number of rotatable bonds is 4. The van der Waals surface area contributed by atoms with E-state index in [1.165, 1.54) is 0 Å². The summed E-state index contributed by atoms with van der Waals surface area (Å²) in [6.45, 7) is 6.07. The van der Waals surface area contributed by atoms with E-state index in [1.54, 1.807) is 0 Å². The van der Waals surface area contributed by atoms with Gasteiger partial charge in [-0.25, -0.2) is 4.98 Å². The number of oxazole rings is 1. The minimum atomic E-state index is 0.297. The Bertz CT molecular complexity index is 481. The summed E-state index contributed by atoms with van der Waals surface area (Å²) in [5, 5.41) is 3.29. The predicted octanol–water partition coefficient (Wildman–Crippen LogP) is 3.30. The fraction of sp³-hybridized carbons (Fsp3) is 0.417. The molecule has 1 atom stereocenters. The van der Waals surface area contributed by atoms with Crippen molar-refractivity contribution in [3.8, 4) is 0 Å². The Kier molecular flexibility index (Phi) is 3.61. The minimum Gasteiger partial charge on any atom is -0.440 e. The van der Waals surface area contributed by atoms with Crippen LogP contribution in [0.2, 0.25) is 0 Å². The zero-order chi connectivity index (χ0) is 11.5. The molecule has 86 valence electrons. The van der Waals surface area contributed by atoms with Gasteiger partial charge >= 0.3 is 0 Å². The normalized spacial score (nSPS) is 13.2. The summed E-state index contributed by atoms with van der Waals surface area (Å²) in [5.41, 5.74) is 1.76. The Labute approximate surface area is 103 Å². The highest BCUT2D eigenvalue weighted by Crippen LogP contribution is 2.23. The third-order valence-electron chi connectivity index (χ3n) is 2.49. The molecule has 16 heavy (non-hydrogen) atoms. The van der Waals surface area contributed by atoms with Crippen LogP contribution in [-0.2, 0) is 0 Å². The molecule has 0 saturated heterocycles. The second-order valence-corrected chi connectivity index (χ2v) is 4.79. The number of halogens is 1. The van der Waals surface area contributed by atoms with Crippen molar-refractivity contribution in [2.24, 2.45) is 0 Å². The quantitative estimate of drug-likeness (QED) is 0.935. The summed E-state index contributed by atoms with van der Waals surface area (Å²) in [7, 11) is 0. The highest BCUT2D eigenvalue weighted by molar-refractivity contribution is 9.10. The largest absolute Gasteiger partial charge is 0.440 e. The highest BCUT2D eigenvalue weighted by Gasteiger charge is 2.12. The third-order valence-corrected chi connectivity index (χ3v) is 2.98. The maximum absolute atomic E-state index is 5.71. The molecule has 0 aliphatic rings. The van der Waals surface area contributed by atoms with Crippen molar-refractivity contribution < 1.29 is 4.42 Å². The molecule has 1 N–H and O–H groups in total. The zero-order valence-corrected chi connectivity index (χ0v) is 11.0. The lowest BCUT2D eigenvalue weighted by Crippen LogP contribution is -2.19. The lowest BCUT2D eigenvalue weighted by atomic mass is 10.2. The van der Waals surface area contributed by atoms with Gasteiger partial charge in [0.2, 0.25) is 0 Å². The van der Waals surface area contributed by atoms with Gasteiger partial charge in [-0.1, -0.05) is 29.8 Å². The molecule has 0 aliphatic heterocycles. The Hall–Kier alpha value is -0.870. The molecular weight excluding hydrogens is 268 g/mol. The van der Waals surface area contributed by atoms with E-state index in [9.17, 15) is 0 Å². The summed E-state index contributed by atoms with van der Waals surface area (Å²) < 4.78 is 6.74. The van der Waals surface area contributed by atoms with E-state index in [2.05, 4.69) is 40.1 Å². The topological polar surface area (TPSA) is 38.1 Å². The zero-order valence-electron chi connectivity index (χ0n) is 9.46. The number of hydrogen-bond acceptors (Lipinski definition) is 3. The van der Waals surface area contributed by atoms with E-state index in [0.29, 0.717) is 5.92 Å². The first kappa shape index (κ1) is 11.6. The van der Waals surface area contributed by atoms with E-state index in [-0.39, 0.29) is 0 Å². The van der Waals surface area contributed by atoms with E-state index in [0.717, 1.165) is 34.6 Å². The third kappa shape index (κ3) is 2.44. The summed E-state index contributed by atoms with van der Waals surface area (Å²) in [6.07, 6.45) is 0. The average Bonchev–Trinajstić information content (AvgIpc) is 2.68. The molecule has 3 nitrogen and oxygen atoms in total. The van der Waals surface area contributed by atoms with Crippen molar-refractivity contribution in [3.05, 3.63) is 28.6 Å². The number of benzene rings is 1. The van der Waals surface area contributed by atoms with Crippen LogP contribution < -0.4 is 5.32 Å². The molecule has 0 bridgehead atoms. The molecule has 1 aromatic carbocycles. The molecule has 0 fully saturated rings. The van der Waals surface area contributed by atoms with Crippen molar-refractivity contribution in [3.63, 3.8) is 0 Å². The van der Waals surface area contributed by atoms with Gasteiger partial charge in [-0.05, 0) is 24.7 Å². The van der Waals surface area contributed by atoms with Gasteiger partial charge in [0.15, 0.2) is 11.5 Å². The summed E-state index contributed by atoms with van der Waals surface area (Å²) in [4.78, 5) is 4.49. The lowest BCUT2D eigenvalue weighted by Gasteiger charge is -2.06. The van der Waals surface area contributed by atoms with E-state index in [1.807, 2.05) is 18.2 Å². The van der Waals surface area contributed by atoms with E-state index < -0.39 is 0 Å². The standard InChI is InChI=1S/C12H15BrN2O/c1-3-14-7-8(2)12-15-10-6-9(13)4-5-11(10)16-12/h4-6,8,14H,3,7H2,1-2H3. The SMILES string of the molecule is CCNCC(C)c1nc2cc(Br)ccc2o1. The lowest BCUT2D eigenvalue weighted by molar-refractivity contribution is 0.470. The van der Waals surface area contributed by atoms with E-state index in [4.69, 9.17) is 4.42 Å². The number of hydrogen-bond donors (Lipinski definition) is 1. The van der Waals surface area contributed by atoms with Crippen LogP contribution in [0.5, 0.6) is 0 Å². The number of aromatic nitrogens is 1. The van der Waals surface area contributed by atoms with Crippen LogP contribution in [0.1, 0.15) is 25.7 Å². The van der Waals surface area contributed by atoms with Crippen molar-refractivity contribution in [1.82, 2.24) is 10.3 Å². The molecule has 0 saturated carbocycles. The number of nitrogens with one attached hydrogen (secondary N) is 1. The van der Waals surface area contributed by atoms with Gasteiger partial charge in [-0.3, -0.25) is 0 Å². The van der Waals surface area contributed by atoms with Crippen LogP contribution in [-0.4, -0.2) is 18.1 Å². The molecule has 1 unspecified atom stereocenters. The fourth-order valence-corrected chi connectivity index (χ4v) is 1.93. The van der Waals surface area contributed by atoms with Crippen LogP contribution >= 0.6 is 15.9 Å². The molecule has 0 spiro atoms. The molecule has 4 heteroatoms. The van der Waals surface area contributed by atoms with Crippen molar-refractivity contribution in [2.45, 2.75) is 19.8 Å². The van der Waals surface area contributed by atoms with Gasteiger partial charge in [-0.2, -0.15) is 0 Å². The van der Waals surface area contributed by atoms with Crippen molar-refractivity contribution >= 4 is 27.0 Å². The maximum atomic E-state index is 5.71. The molecular formula is C12H15BrN2O. The number of nitrogens with zero attached hydrogens (tertiary/aromatic N) is 1. The molecule has 1 aromatic heterocycles. The molecule has 1 heterocycles. The Morgan fingerprint density at radius 3 is 3.06 bits per heavy atom. The smallest absolute Gasteiger partial charge is 0.199 e. The predicted molar refractivity (Wildman–Crippen MR) is 68.7 cm³/mol. The van der Waals surface area contributed by atoms with Crippen LogP contribution in [0.4, 0.5) is 0 Å². The summed E-state index contributed by atoms with van der Waals surface area (Å²) in [5.74, 6) is 1.10. The van der Waals surface area contributed by atoms with Gasteiger partial charge in [0.25, 0.3) is 0 Å². The first-order valence-corrected chi connectivity index (χ1v) is 6.26. The van der Waals surface area contributed by atoms with Crippen LogP contribution in [0.3, 0.4) is 0 Å². The molecule has 2 rings (SSSR count). The van der Waals surface area contributed by atoms with Crippen molar-refractivity contribution in [2.75, 3.05) is 13.1 Å². The van der Waals surface area contributed by atoms with Crippen LogP contribution in [0.25, 0.3) is 11.1 Å². The Morgan fingerprint density at radius 1 is 1.50 bits per heavy atom. The number of fused-ring (bicyclic) bond motifs is 1. The summed E-state index contributed by atoms with van der Waals surface area (Å²) >= 11 is 3.43. The molecule has 0 radical (unpaired) electrons. The van der Waals surface area contributed by atoms with Gasteiger partial charge in [0.05, 0.1) is 0 Å². The average molecular weight is 283 g/mol. The van der Waals surface area contributed by atoms with Gasteiger partial charge < -0.3 is 9.73 Å². The second-order valence-electron chi connectivity index (χ2n) is 3.87. The number of likely N-dealkylation sites (N-methyl/N-ethyl adjacent to an activating group) is 1. The van der Waals surface area contributed by atoms with Gasteiger partial charge in [0.1, 0.15) is 5.52 Å². The first-order valence-electron chi connectivity index (χ1n) is 5.47. The Balaban J connectivity index is 2.25. The first-order chi connectivity index (χ1) is 7.70. The summed E-state index contributed by atoms with van der Waals surface area (Å²) in [6, 6.07) is 5.88. The van der Waals surface area contributed by atoms with E-state index >= 15 is 0 Å². The molecule has 0 amide bonds. The fourth-order valence-electron chi connectivity index (χ4n) is 1.58. The monoisotopic (exact) mass is 282 g/mol. The molecule has 2 aromatic rings. The van der Waals surface area contributed by atoms with Crippen molar-refractivity contribution in [1.29, 1.82) is 0 Å². The highest BCUT2D eigenvalue weighted by atomic mass is 79.9. The van der Waals surface area contributed by atoms with Crippen LogP contribution in [0.15, 0.2) is 27.1 Å².